The zero-order valence-corrected chi connectivity index (χ0v) is 15.7. The van der Waals surface area contributed by atoms with Gasteiger partial charge in [-0.3, -0.25) is 4.79 Å². The highest BCUT2D eigenvalue weighted by Crippen LogP contribution is 2.31. The lowest BCUT2D eigenvalue weighted by atomic mass is 10.3. The fourth-order valence-corrected chi connectivity index (χ4v) is 4.42. The van der Waals surface area contributed by atoms with Crippen LogP contribution in [0.4, 0.5) is 0 Å². The fourth-order valence-electron chi connectivity index (χ4n) is 2.51. The Morgan fingerprint density at radius 1 is 1.32 bits per heavy atom. The average Bonchev–Trinajstić information content (AvgIpc) is 3.13. The minimum Gasteiger partial charge on any atom is -0.482 e. The first-order chi connectivity index (χ1) is 11.9. The Bertz CT molecular complexity index is 690. The molecule has 1 aliphatic rings. The van der Waals surface area contributed by atoms with Crippen LogP contribution in [0.25, 0.3) is 0 Å². The van der Waals surface area contributed by atoms with Gasteiger partial charge in [0.15, 0.2) is 6.61 Å². The van der Waals surface area contributed by atoms with Crippen LogP contribution in [0, 0.1) is 0 Å². The van der Waals surface area contributed by atoms with Gasteiger partial charge in [-0.15, -0.1) is 0 Å². The summed E-state index contributed by atoms with van der Waals surface area (Å²) in [5.74, 6) is -0.195. The number of ether oxygens (including phenoxy) is 2. The number of nitrogens with one attached hydrogen (secondary N) is 1. The minimum atomic E-state index is -3.69. The molecule has 0 spiro atoms. The standard InChI is InChI=1S/C16H23ClN2O5S/c1-23-10-4-7-18-16(20)12-24-14-6-5-13(17)11-15(14)25(21,22)19-8-2-3-9-19/h5-6,11H,2-4,7-10,12H2,1H3,(H,18,20). The van der Waals surface area contributed by atoms with E-state index in [-0.39, 0.29) is 23.2 Å². The van der Waals surface area contributed by atoms with Crippen molar-refractivity contribution >= 4 is 27.5 Å². The Morgan fingerprint density at radius 3 is 2.72 bits per heavy atom. The highest BCUT2D eigenvalue weighted by molar-refractivity contribution is 7.89. The fraction of sp³-hybridized carbons (Fsp3) is 0.562. The van der Waals surface area contributed by atoms with Crippen LogP contribution >= 0.6 is 11.6 Å². The summed E-state index contributed by atoms with van der Waals surface area (Å²) < 4.78 is 37.3. The summed E-state index contributed by atoms with van der Waals surface area (Å²) in [4.78, 5) is 11.8. The molecule has 7 nitrogen and oxygen atoms in total. The SMILES string of the molecule is COCCCNC(=O)COc1ccc(Cl)cc1S(=O)(=O)N1CCCC1. The number of amides is 1. The molecule has 1 aromatic carbocycles. The van der Waals surface area contributed by atoms with Crippen LogP contribution in [0.1, 0.15) is 19.3 Å². The number of sulfonamides is 1. The molecule has 0 bridgehead atoms. The summed E-state index contributed by atoms with van der Waals surface area (Å²) in [7, 11) is -2.10. The molecule has 1 aromatic rings. The molecular formula is C16H23ClN2O5S. The van der Waals surface area contributed by atoms with Crippen molar-refractivity contribution in [1.29, 1.82) is 0 Å². The van der Waals surface area contributed by atoms with Crippen molar-refractivity contribution in [2.75, 3.05) is 40.0 Å². The van der Waals surface area contributed by atoms with E-state index in [1.165, 1.54) is 22.5 Å². The maximum atomic E-state index is 12.8. The van der Waals surface area contributed by atoms with Gasteiger partial charge >= 0.3 is 0 Å². The molecule has 1 amide bonds. The minimum absolute atomic E-state index is 0.00548. The Kier molecular flexibility index (Phi) is 7.49. The second kappa shape index (κ2) is 9.38. The third kappa shape index (κ3) is 5.57. The van der Waals surface area contributed by atoms with Gasteiger partial charge in [0.1, 0.15) is 10.6 Å². The van der Waals surface area contributed by atoms with Crippen LogP contribution in [-0.2, 0) is 19.6 Å². The summed E-state index contributed by atoms with van der Waals surface area (Å²) in [5, 5.41) is 2.98. The van der Waals surface area contributed by atoms with E-state index in [1.54, 1.807) is 7.11 Å². The van der Waals surface area contributed by atoms with Crippen LogP contribution in [0.15, 0.2) is 23.1 Å². The van der Waals surface area contributed by atoms with E-state index < -0.39 is 10.0 Å². The van der Waals surface area contributed by atoms with Gasteiger partial charge < -0.3 is 14.8 Å². The maximum Gasteiger partial charge on any atom is 0.257 e. The summed E-state index contributed by atoms with van der Waals surface area (Å²) in [5.41, 5.74) is 0. The maximum absolute atomic E-state index is 12.8. The number of nitrogens with zero attached hydrogens (tertiary/aromatic N) is 1. The average molecular weight is 391 g/mol. The molecule has 0 saturated carbocycles. The lowest BCUT2D eigenvalue weighted by molar-refractivity contribution is -0.123. The number of methoxy groups -OCH3 is 1. The van der Waals surface area contributed by atoms with Crippen molar-refractivity contribution in [3.8, 4) is 5.75 Å². The second-order valence-corrected chi connectivity index (χ2v) is 8.03. The summed E-state index contributed by atoms with van der Waals surface area (Å²) in [6.07, 6.45) is 2.36. The lowest BCUT2D eigenvalue weighted by Gasteiger charge is -2.18. The molecule has 1 fully saturated rings. The highest BCUT2D eigenvalue weighted by Gasteiger charge is 2.30. The molecule has 2 rings (SSSR count). The Hall–Kier alpha value is -1.35. The predicted octanol–water partition coefficient (Wildman–Crippen LogP) is 1.66. The zero-order valence-electron chi connectivity index (χ0n) is 14.2. The highest BCUT2D eigenvalue weighted by atomic mass is 35.5. The lowest BCUT2D eigenvalue weighted by Crippen LogP contribution is -2.31. The number of halogens is 1. The van der Waals surface area contributed by atoms with Gasteiger partial charge in [-0.1, -0.05) is 11.6 Å². The van der Waals surface area contributed by atoms with Gasteiger partial charge in [0.05, 0.1) is 0 Å². The van der Waals surface area contributed by atoms with Gasteiger partial charge in [-0.25, -0.2) is 8.42 Å². The van der Waals surface area contributed by atoms with Gasteiger partial charge in [0.25, 0.3) is 5.91 Å². The van der Waals surface area contributed by atoms with Crippen molar-refractivity contribution in [2.45, 2.75) is 24.2 Å². The van der Waals surface area contributed by atoms with Crippen molar-refractivity contribution < 1.29 is 22.7 Å². The third-order valence-electron chi connectivity index (χ3n) is 3.79. The quantitative estimate of drug-likeness (QED) is 0.648. The van der Waals surface area contributed by atoms with Crippen LogP contribution in [0.5, 0.6) is 5.75 Å². The number of benzene rings is 1. The van der Waals surface area contributed by atoms with Crippen LogP contribution in [-0.4, -0.2) is 58.6 Å². The molecule has 1 N–H and O–H groups in total. The van der Waals surface area contributed by atoms with E-state index in [0.29, 0.717) is 37.7 Å². The van der Waals surface area contributed by atoms with Gasteiger partial charge in [0.2, 0.25) is 10.0 Å². The van der Waals surface area contributed by atoms with E-state index in [2.05, 4.69) is 5.32 Å². The predicted molar refractivity (Wildman–Crippen MR) is 94.4 cm³/mol. The summed E-state index contributed by atoms with van der Waals surface area (Å²) in [6.45, 7) is 1.71. The van der Waals surface area contributed by atoms with Gasteiger partial charge in [-0.05, 0) is 37.5 Å². The second-order valence-electron chi connectivity index (χ2n) is 5.69. The molecule has 0 radical (unpaired) electrons. The molecule has 25 heavy (non-hydrogen) atoms. The van der Waals surface area contributed by atoms with E-state index in [9.17, 15) is 13.2 Å². The van der Waals surface area contributed by atoms with Gasteiger partial charge in [0, 0.05) is 38.4 Å². The normalized spacial score (nSPS) is 15.3. The molecule has 0 atom stereocenters. The molecule has 1 saturated heterocycles. The molecule has 1 aliphatic heterocycles. The number of rotatable bonds is 9. The van der Waals surface area contributed by atoms with E-state index in [0.717, 1.165) is 12.8 Å². The monoisotopic (exact) mass is 390 g/mol. The molecule has 140 valence electrons. The largest absolute Gasteiger partial charge is 0.482 e. The van der Waals surface area contributed by atoms with Crippen molar-refractivity contribution in [2.24, 2.45) is 0 Å². The van der Waals surface area contributed by atoms with Crippen molar-refractivity contribution in [3.63, 3.8) is 0 Å². The number of hydrogen-bond donors (Lipinski definition) is 1. The first kappa shape index (κ1) is 20.0. The van der Waals surface area contributed by atoms with E-state index >= 15 is 0 Å². The molecule has 9 heteroatoms. The first-order valence-electron chi connectivity index (χ1n) is 8.13. The number of carbonyl (C=O) groups is 1. The van der Waals surface area contributed by atoms with Crippen molar-refractivity contribution in [1.82, 2.24) is 9.62 Å². The van der Waals surface area contributed by atoms with Crippen LogP contribution < -0.4 is 10.1 Å². The third-order valence-corrected chi connectivity index (χ3v) is 5.95. The van der Waals surface area contributed by atoms with E-state index in [1.807, 2.05) is 0 Å². The van der Waals surface area contributed by atoms with Crippen LogP contribution in [0.2, 0.25) is 5.02 Å². The number of carbonyl (C=O) groups excluding carboxylic acids is 1. The number of hydrogen-bond acceptors (Lipinski definition) is 5. The molecule has 0 aromatic heterocycles. The topological polar surface area (TPSA) is 84.9 Å². The van der Waals surface area contributed by atoms with Crippen molar-refractivity contribution in [3.05, 3.63) is 23.2 Å². The van der Waals surface area contributed by atoms with Crippen LogP contribution in [0.3, 0.4) is 0 Å². The Morgan fingerprint density at radius 2 is 2.04 bits per heavy atom. The van der Waals surface area contributed by atoms with Gasteiger partial charge in [-0.2, -0.15) is 4.31 Å². The zero-order chi connectivity index (χ0) is 18.3. The van der Waals surface area contributed by atoms with E-state index in [4.69, 9.17) is 21.1 Å². The summed E-state index contributed by atoms with van der Waals surface area (Å²) >= 11 is 5.96. The molecular weight excluding hydrogens is 368 g/mol. The smallest absolute Gasteiger partial charge is 0.257 e. The molecule has 0 unspecified atom stereocenters. The summed E-state index contributed by atoms with van der Waals surface area (Å²) in [6, 6.07) is 4.38. The first-order valence-corrected chi connectivity index (χ1v) is 9.95. The Balaban J connectivity index is 2.04. The molecule has 0 aliphatic carbocycles. The molecule has 1 heterocycles. The Labute approximate surface area is 153 Å².